The van der Waals surface area contributed by atoms with Crippen molar-refractivity contribution in [2.45, 2.75) is 6.92 Å². The summed E-state index contributed by atoms with van der Waals surface area (Å²) in [6.45, 7) is 1.84. The molecule has 0 aliphatic heterocycles. The van der Waals surface area contributed by atoms with Crippen molar-refractivity contribution in [3.8, 4) is 5.75 Å². The minimum Gasteiger partial charge on any atom is -0.496 e. The molecule has 0 atom stereocenters. The van der Waals surface area contributed by atoms with Crippen molar-refractivity contribution in [2.24, 2.45) is 0 Å². The molecular formula is C16H15N3O3. The number of aryl methyl sites for hydroxylation is 1. The van der Waals surface area contributed by atoms with E-state index in [0.717, 1.165) is 10.1 Å². The highest BCUT2D eigenvalue weighted by Gasteiger charge is 2.19. The molecule has 6 heteroatoms. The lowest BCUT2D eigenvalue weighted by atomic mass is 10.1. The molecule has 0 unspecified atom stereocenters. The lowest BCUT2D eigenvalue weighted by Crippen LogP contribution is -2.25. The van der Waals surface area contributed by atoms with Crippen molar-refractivity contribution in [3.05, 3.63) is 58.0 Å². The summed E-state index contributed by atoms with van der Waals surface area (Å²) in [6, 6.07) is 10.1. The molecule has 0 fully saturated rings. The number of carbonyl (C=O) groups is 1. The number of rotatable bonds is 2. The van der Waals surface area contributed by atoms with Crippen LogP contribution in [-0.2, 0) is 0 Å². The molecule has 0 saturated heterocycles. The first-order chi connectivity index (χ1) is 10.5. The van der Waals surface area contributed by atoms with Gasteiger partial charge in [0.1, 0.15) is 5.75 Å². The molecule has 112 valence electrons. The van der Waals surface area contributed by atoms with Crippen LogP contribution < -0.4 is 16.2 Å². The summed E-state index contributed by atoms with van der Waals surface area (Å²) in [5.41, 5.74) is 8.08. The number of nitrogen functional groups attached to an aromatic ring is 1. The summed E-state index contributed by atoms with van der Waals surface area (Å²) >= 11 is 0. The number of imidazole rings is 1. The van der Waals surface area contributed by atoms with Gasteiger partial charge < -0.3 is 15.5 Å². The van der Waals surface area contributed by atoms with E-state index < -0.39 is 11.6 Å². The van der Waals surface area contributed by atoms with Gasteiger partial charge in [-0.25, -0.2) is 9.36 Å². The maximum Gasteiger partial charge on any atom is 0.333 e. The van der Waals surface area contributed by atoms with E-state index in [1.165, 1.54) is 7.11 Å². The number of anilines is 1. The Morgan fingerprint density at radius 2 is 2.00 bits per heavy atom. The molecule has 6 nitrogen and oxygen atoms in total. The van der Waals surface area contributed by atoms with Crippen LogP contribution in [0.25, 0.3) is 11.0 Å². The molecule has 0 aliphatic rings. The standard InChI is InChI=1S/C16H15N3O3/c1-9-7-12-13(8-11(9)17)19(16(21)18-12)15(20)10-5-3-4-6-14(10)22-2/h3-8H,17H2,1-2H3,(H,18,21). The first-order valence-electron chi connectivity index (χ1n) is 6.71. The van der Waals surface area contributed by atoms with Crippen LogP contribution in [0.15, 0.2) is 41.2 Å². The maximum absolute atomic E-state index is 12.7. The molecular weight excluding hydrogens is 282 g/mol. The van der Waals surface area contributed by atoms with Crippen LogP contribution >= 0.6 is 0 Å². The molecule has 0 spiro atoms. The first kappa shape index (κ1) is 13.9. The predicted molar refractivity (Wildman–Crippen MR) is 84.4 cm³/mol. The number of methoxy groups -OCH3 is 1. The Kier molecular flexibility index (Phi) is 3.21. The van der Waals surface area contributed by atoms with Gasteiger partial charge in [-0.2, -0.15) is 0 Å². The van der Waals surface area contributed by atoms with Crippen molar-refractivity contribution in [1.29, 1.82) is 0 Å². The van der Waals surface area contributed by atoms with Crippen LogP contribution in [0.3, 0.4) is 0 Å². The second-order valence-electron chi connectivity index (χ2n) is 5.00. The maximum atomic E-state index is 12.7. The van der Waals surface area contributed by atoms with Crippen molar-refractivity contribution in [3.63, 3.8) is 0 Å². The van der Waals surface area contributed by atoms with Crippen molar-refractivity contribution < 1.29 is 9.53 Å². The quantitative estimate of drug-likeness (QED) is 0.707. The highest BCUT2D eigenvalue weighted by Crippen LogP contribution is 2.22. The average Bonchev–Trinajstić information content (AvgIpc) is 2.82. The van der Waals surface area contributed by atoms with E-state index in [9.17, 15) is 9.59 Å². The van der Waals surface area contributed by atoms with E-state index in [2.05, 4.69) is 4.98 Å². The van der Waals surface area contributed by atoms with E-state index in [4.69, 9.17) is 10.5 Å². The van der Waals surface area contributed by atoms with Crippen LogP contribution in [-0.4, -0.2) is 22.6 Å². The van der Waals surface area contributed by atoms with Gasteiger partial charge in [0.05, 0.1) is 23.7 Å². The molecule has 0 amide bonds. The molecule has 3 rings (SSSR count). The Labute approximate surface area is 126 Å². The number of aromatic amines is 1. The van der Waals surface area contributed by atoms with Crippen molar-refractivity contribution in [1.82, 2.24) is 9.55 Å². The third-order valence-electron chi connectivity index (χ3n) is 3.61. The smallest absolute Gasteiger partial charge is 0.333 e. The fourth-order valence-electron chi connectivity index (χ4n) is 2.42. The fraction of sp³-hybridized carbons (Fsp3) is 0.125. The number of H-pyrrole nitrogens is 1. The Bertz CT molecular complexity index is 937. The summed E-state index contributed by atoms with van der Waals surface area (Å²) in [7, 11) is 1.48. The third-order valence-corrected chi connectivity index (χ3v) is 3.61. The summed E-state index contributed by atoms with van der Waals surface area (Å²) in [4.78, 5) is 27.6. The van der Waals surface area contributed by atoms with E-state index in [1.807, 2.05) is 6.92 Å². The predicted octanol–water partition coefficient (Wildman–Crippen LogP) is 1.92. The Morgan fingerprint density at radius 1 is 1.27 bits per heavy atom. The number of hydrogen-bond donors (Lipinski definition) is 2. The number of nitrogens with one attached hydrogen (secondary N) is 1. The number of benzene rings is 2. The van der Waals surface area contributed by atoms with Gasteiger partial charge >= 0.3 is 5.69 Å². The summed E-state index contributed by atoms with van der Waals surface area (Å²) in [5, 5.41) is 0. The molecule has 0 saturated carbocycles. The third kappa shape index (κ3) is 2.05. The summed E-state index contributed by atoms with van der Waals surface area (Å²) in [5.74, 6) is -0.0502. The zero-order chi connectivity index (χ0) is 15.9. The van der Waals surface area contributed by atoms with Crippen molar-refractivity contribution >= 4 is 22.6 Å². The molecule has 22 heavy (non-hydrogen) atoms. The van der Waals surface area contributed by atoms with Crippen LogP contribution in [0.1, 0.15) is 15.9 Å². The van der Waals surface area contributed by atoms with Gasteiger partial charge in [-0.3, -0.25) is 4.79 Å². The van der Waals surface area contributed by atoms with Crippen molar-refractivity contribution in [2.75, 3.05) is 12.8 Å². The lowest BCUT2D eigenvalue weighted by molar-refractivity contribution is 0.0958. The molecule has 0 radical (unpaired) electrons. The Morgan fingerprint density at radius 3 is 2.73 bits per heavy atom. The number of hydrogen-bond acceptors (Lipinski definition) is 4. The van der Waals surface area contributed by atoms with Gasteiger partial charge in [0.25, 0.3) is 5.91 Å². The van der Waals surface area contributed by atoms with Crippen LogP contribution in [0.4, 0.5) is 5.69 Å². The molecule has 1 heterocycles. The second-order valence-corrected chi connectivity index (χ2v) is 5.00. The number of carbonyl (C=O) groups excluding carboxylic acids is 1. The largest absolute Gasteiger partial charge is 0.496 e. The van der Waals surface area contributed by atoms with E-state index in [0.29, 0.717) is 28.0 Å². The number of aromatic nitrogens is 2. The minimum atomic E-state index is -0.504. The SMILES string of the molecule is COc1ccccc1C(=O)n1c(=O)[nH]c2cc(C)c(N)cc21. The minimum absolute atomic E-state index is 0.312. The number of nitrogens with zero attached hydrogens (tertiary/aromatic N) is 1. The van der Waals surface area contributed by atoms with Gasteiger partial charge in [0, 0.05) is 5.69 Å². The molecule has 0 aliphatic carbocycles. The van der Waals surface area contributed by atoms with E-state index in [-0.39, 0.29) is 0 Å². The number of fused-ring (bicyclic) bond motifs is 1. The summed E-state index contributed by atoms with van der Waals surface area (Å²) < 4.78 is 6.26. The fourth-order valence-corrected chi connectivity index (χ4v) is 2.42. The van der Waals surface area contributed by atoms with E-state index >= 15 is 0 Å². The van der Waals surface area contributed by atoms with Crippen LogP contribution in [0, 0.1) is 6.92 Å². The van der Waals surface area contributed by atoms with Gasteiger partial charge in [-0.1, -0.05) is 12.1 Å². The second kappa shape index (κ2) is 5.07. The molecule has 2 aromatic carbocycles. The zero-order valence-corrected chi connectivity index (χ0v) is 12.2. The van der Waals surface area contributed by atoms with Gasteiger partial charge in [0.15, 0.2) is 0 Å². The zero-order valence-electron chi connectivity index (χ0n) is 12.2. The highest BCUT2D eigenvalue weighted by molar-refractivity contribution is 6.03. The first-order valence-corrected chi connectivity index (χ1v) is 6.71. The number of nitrogens with two attached hydrogens (primary N) is 1. The van der Waals surface area contributed by atoms with Gasteiger partial charge in [-0.05, 0) is 36.8 Å². The number of ether oxygens (including phenoxy) is 1. The number of para-hydroxylation sites is 1. The lowest BCUT2D eigenvalue weighted by Gasteiger charge is -2.08. The summed E-state index contributed by atoms with van der Waals surface area (Å²) in [6.07, 6.45) is 0. The normalized spacial score (nSPS) is 10.8. The molecule has 3 aromatic rings. The molecule has 0 bridgehead atoms. The van der Waals surface area contributed by atoms with Gasteiger partial charge in [0.2, 0.25) is 0 Å². The monoisotopic (exact) mass is 297 g/mol. The Hall–Kier alpha value is -3.02. The Balaban J connectivity index is 2.26. The average molecular weight is 297 g/mol. The van der Waals surface area contributed by atoms with Gasteiger partial charge in [-0.15, -0.1) is 0 Å². The highest BCUT2D eigenvalue weighted by atomic mass is 16.5. The molecule has 1 aromatic heterocycles. The van der Waals surface area contributed by atoms with Crippen LogP contribution in [0.2, 0.25) is 0 Å². The van der Waals surface area contributed by atoms with Crippen LogP contribution in [0.5, 0.6) is 5.75 Å². The molecule has 3 N–H and O–H groups in total. The topological polar surface area (TPSA) is 90.1 Å². The van der Waals surface area contributed by atoms with E-state index in [1.54, 1.807) is 36.4 Å².